The van der Waals surface area contributed by atoms with Gasteiger partial charge in [0.2, 0.25) is 0 Å². The molecule has 0 atom stereocenters. The van der Waals surface area contributed by atoms with Crippen LogP contribution in [0.5, 0.6) is 0 Å². The summed E-state index contributed by atoms with van der Waals surface area (Å²) in [6, 6.07) is 14.1. The fraction of sp³-hybridized carbons (Fsp3) is 0.158. The van der Waals surface area contributed by atoms with E-state index in [4.69, 9.17) is 11.0 Å². The number of carbonyl (C=O) groups is 1. The van der Waals surface area contributed by atoms with Crippen LogP contribution in [0.4, 0.5) is 0 Å². The maximum atomic E-state index is 11.3. The Hall–Kier alpha value is -2.38. The van der Waals surface area contributed by atoms with Gasteiger partial charge in [0.05, 0.1) is 0 Å². The van der Waals surface area contributed by atoms with Gasteiger partial charge in [0, 0.05) is 4.47 Å². The number of nitrogens with two attached hydrogens (primary N) is 1. The van der Waals surface area contributed by atoms with Crippen molar-refractivity contribution in [1.29, 1.82) is 5.26 Å². The first-order valence-corrected chi connectivity index (χ1v) is 7.95. The average molecular weight is 369 g/mol. The summed E-state index contributed by atoms with van der Waals surface area (Å²) in [4.78, 5) is 11.3. The number of rotatable bonds is 4. The molecule has 23 heavy (non-hydrogen) atoms. The van der Waals surface area contributed by atoms with E-state index in [2.05, 4.69) is 48.0 Å². The molecule has 2 aromatic rings. The monoisotopic (exact) mass is 368 g/mol. The fourth-order valence-electron chi connectivity index (χ4n) is 2.57. The SMILES string of the molecule is Cc1cc(C)cc(Cc2ccc(Br)cc2/C=C(\C#N)C(N)=O)c1. The van der Waals surface area contributed by atoms with Crippen molar-refractivity contribution < 1.29 is 4.79 Å². The van der Waals surface area contributed by atoms with Crippen molar-refractivity contribution in [2.75, 3.05) is 0 Å². The molecule has 0 aliphatic heterocycles. The van der Waals surface area contributed by atoms with Crippen LogP contribution in [-0.2, 0) is 11.2 Å². The first-order chi connectivity index (χ1) is 10.9. The van der Waals surface area contributed by atoms with Crippen LogP contribution in [0.15, 0.2) is 46.4 Å². The number of benzene rings is 2. The lowest BCUT2D eigenvalue weighted by molar-refractivity contribution is -0.114. The lowest BCUT2D eigenvalue weighted by Crippen LogP contribution is -2.12. The number of aryl methyl sites for hydroxylation is 2. The molecular formula is C19H17BrN2O. The van der Waals surface area contributed by atoms with Gasteiger partial charge in [-0.1, -0.05) is 51.3 Å². The molecule has 0 aromatic heterocycles. The minimum atomic E-state index is -0.718. The molecule has 2 N–H and O–H groups in total. The Balaban J connectivity index is 2.47. The van der Waals surface area contributed by atoms with Gasteiger partial charge < -0.3 is 5.73 Å². The Kier molecular flexibility index (Phi) is 5.36. The summed E-state index contributed by atoms with van der Waals surface area (Å²) >= 11 is 3.43. The molecule has 0 fully saturated rings. The Morgan fingerprint density at radius 2 is 1.87 bits per heavy atom. The van der Waals surface area contributed by atoms with Crippen LogP contribution in [0.1, 0.15) is 27.8 Å². The zero-order valence-electron chi connectivity index (χ0n) is 13.1. The highest BCUT2D eigenvalue weighted by Gasteiger charge is 2.08. The molecule has 0 radical (unpaired) electrons. The lowest BCUT2D eigenvalue weighted by atomic mass is 9.96. The number of hydrogen-bond donors (Lipinski definition) is 1. The van der Waals surface area contributed by atoms with Gasteiger partial charge in [-0.3, -0.25) is 4.79 Å². The lowest BCUT2D eigenvalue weighted by Gasteiger charge is -2.09. The summed E-state index contributed by atoms with van der Waals surface area (Å²) in [5.74, 6) is -0.718. The predicted octanol–water partition coefficient (Wildman–Crippen LogP) is 4.05. The number of amides is 1. The number of nitrogens with zero attached hydrogens (tertiary/aromatic N) is 1. The van der Waals surface area contributed by atoms with E-state index in [1.54, 1.807) is 6.08 Å². The maximum Gasteiger partial charge on any atom is 0.259 e. The van der Waals surface area contributed by atoms with Crippen LogP contribution in [-0.4, -0.2) is 5.91 Å². The van der Waals surface area contributed by atoms with Crippen molar-refractivity contribution in [2.45, 2.75) is 20.3 Å². The highest BCUT2D eigenvalue weighted by molar-refractivity contribution is 9.10. The van der Waals surface area contributed by atoms with Crippen molar-refractivity contribution >= 4 is 27.9 Å². The molecule has 2 aromatic carbocycles. The molecule has 116 valence electrons. The van der Waals surface area contributed by atoms with Crippen LogP contribution in [0.3, 0.4) is 0 Å². The van der Waals surface area contributed by atoms with Crippen LogP contribution in [0.2, 0.25) is 0 Å². The maximum absolute atomic E-state index is 11.3. The van der Waals surface area contributed by atoms with Crippen LogP contribution in [0.25, 0.3) is 6.08 Å². The third-order valence-corrected chi connectivity index (χ3v) is 3.96. The molecule has 0 aliphatic rings. The Labute approximate surface area is 144 Å². The second kappa shape index (κ2) is 7.26. The summed E-state index contributed by atoms with van der Waals surface area (Å²) in [6.07, 6.45) is 2.27. The fourth-order valence-corrected chi connectivity index (χ4v) is 2.94. The molecule has 0 saturated carbocycles. The van der Waals surface area contributed by atoms with Crippen LogP contribution < -0.4 is 5.73 Å². The van der Waals surface area contributed by atoms with E-state index in [1.165, 1.54) is 16.7 Å². The molecule has 2 rings (SSSR count). The molecular weight excluding hydrogens is 352 g/mol. The summed E-state index contributed by atoms with van der Waals surface area (Å²) in [5.41, 5.74) is 10.6. The van der Waals surface area contributed by atoms with Gasteiger partial charge in [-0.25, -0.2) is 0 Å². The average Bonchev–Trinajstić information content (AvgIpc) is 2.46. The first-order valence-electron chi connectivity index (χ1n) is 7.16. The van der Waals surface area contributed by atoms with Gasteiger partial charge >= 0.3 is 0 Å². The molecule has 0 spiro atoms. The predicted molar refractivity (Wildman–Crippen MR) is 95.6 cm³/mol. The molecule has 0 saturated heterocycles. The number of primary amides is 1. The normalized spacial score (nSPS) is 11.1. The van der Waals surface area contributed by atoms with E-state index in [-0.39, 0.29) is 5.57 Å². The Morgan fingerprint density at radius 3 is 2.43 bits per heavy atom. The minimum absolute atomic E-state index is 0.0511. The molecule has 3 nitrogen and oxygen atoms in total. The second-order valence-electron chi connectivity index (χ2n) is 5.55. The zero-order chi connectivity index (χ0) is 17.0. The standard InChI is InChI=1S/C19H17BrN2O/c1-12-5-13(2)7-14(6-12)8-15-3-4-18(20)10-16(15)9-17(11-21)19(22)23/h3-7,9-10H,8H2,1-2H3,(H2,22,23)/b17-9+. The van der Waals surface area contributed by atoms with Gasteiger partial charge in [0.15, 0.2) is 0 Å². The van der Waals surface area contributed by atoms with Crippen LogP contribution in [0, 0.1) is 25.2 Å². The largest absolute Gasteiger partial charge is 0.365 e. The number of nitriles is 1. The Morgan fingerprint density at radius 1 is 1.22 bits per heavy atom. The summed E-state index contributed by atoms with van der Waals surface area (Å²) in [5, 5.41) is 9.05. The van der Waals surface area contributed by atoms with Gasteiger partial charge in [-0.2, -0.15) is 5.26 Å². The number of hydrogen-bond acceptors (Lipinski definition) is 2. The van der Waals surface area contributed by atoms with Crippen molar-refractivity contribution in [2.24, 2.45) is 5.73 Å². The zero-order valence-corrected chi connectivity index (χ0v) is 14.6. The molecule has 1 amide bonds. The highest BCUT2D eigenvalue weighted by atomic mass is 79.9. The van der Waals surface area contributed by atoms with Gasteiger partial charge in [0.1, 0.15) is 11.6 Å². The second-order valence-corrected chi connectivity index (χ2v) is 6.47. The number of carbonyl (C=O) groups excluding carboxylic acids is 1. The third kappa shape index (κ3) is 4.54. The van der Waals surface area contributed by atoms with Crippen LogP contribution >= 0.6 is 15.9 Å². The smallest absolute Gasteiger partial charge is 0.259 e. The van der Waals surface area contributed by atoms with E-state index in [1.807, 2.05) is 24.3 Å². The van der Waals surface area contributed by atoms with E-state index in [9.17, 15) is 4.79 Å². The molecule has 4 heteroatoms. The van der Waals surface area contributed by atoms with Crippen molar-refractivity contribution in [3.63, 3.8) is 0 Å². The van der Waals surface area contributed by atoms with Crippen molar-refractivity contribution in [1.82, 2.24) is 0 Å². The van der Waals surface area contributed by atoms with Crippen molar-refractivity contribution in [3.05, 3.63) is 74.3 Å². The first kappa shape index (κ1) is 17.0. The van der Waals surface area contributed by atoms with Gasteiger partial charge in [-0.05, 0) is 55.2 Å². The van der Waals surface area contributed by atoms with E-state index in [0.29, 0.717) is 0 Å². The third-order valence-electron chi connectivity index (χ3n) is 3.47. The van der Waals surface area contributed by atoms with Gasteiger partial charge in [0.25, 0.3) is 5.91 Å². The van der Waals surface area contributed by atoms with E-state index >= 15 is 0 Å². The topological polar surface area (TPSA) is 66.9 Å². The molecule has 0 unspecified atom stereocenters. The quantitative estimate of drug-likeness (QED) is 0.653. The molecule has 0 bridgehead atoms. The molecule has 0 aliphatic carbocycles. The van der Waals surface area contributed by atoms with E-state index < -0.39 is 5.91 Å². The van der Waals surface area contributed by atoms with Crippen molar-refractivity contribution in [3.8, 4) is 6.07 Å². The minimum Gasteiger partial charge on any atom is -0.365 e. The number of halogens is 1. The highest BCUT2D eigenvalue weighted by Crippen LogP contribution is 2.23. The van der Waals surface area contributed by atoms with Gasteiger partial charge in [-0.15, -0.1) is 0 Å². The van der Waals surface area contributed by atoms with E-state index in [0.717, 1.165) is 22.0 Å². The summed E-state index contributed by atoms with van der Waals surface area (Å²) < 4.78 is 0.884. The molecule has 0 heterocycles. The Bertz CT molecular complexity index is 811. The summed E-state index contributed by atoms with van der Waals surface area (Å²) in [7, 11) is 0. The summed E-state index contributed by atoms with van der Waals surface area (Å²) in [6.45, 7) is 4.14.